The van der Waals surface area contributed by atoms with Gasteiger partial charge in [0.15, 0.2) is 0 Å². The number of aliphatic hydroxyl groups excluding tert-OH is 1. The zero-order valence-corrected chi connectivity index (χ0v) is 22.6. The number of ether oxygens (including phenoxy) is 1. The summed E-state index contributed by atoms with van der Waals surface area (Å²) in [5.41, 5.74) is 1.90. The number of carbonyl (C=O) groups is 3. The minimum atomic E-state index is -0.675. The van der Waals surface area contributed by atoms with Gasteiger partial charge in [-0.25, -0.2) is 9.59 Å². The number of amides is 4. The molecule has 0 aliphatic heterocycles. The molecule has 0 fully saturated rings. The molecule has 3 rings (SSSR count). The summed E-state index contributed by atoms with van der Waals surface area (Å²) < 4.78 is 5.28. The van der Waals surface area contributed by atoms with Crippen LogP contribution in [0.5, 0.6) is 0 Å². The predicted molar refractivity (Wildman–Crippen MR) is 151 cm³/mol. The van der Waals surface area contributed by atoms with E-state index in [1.807, 2.05) is 6.07 Å². The van der Waals surface area contributed by atoms with E-state index < -0.39 is 17.6 Å². The van der Waals surface area contributed by atoms with Gasteiger partial charge in [-0.05, 0) is 75.2 Å². The van der Waals surface area contributed by atoms with Gasteiger partial charge in [0.2, 0.25) is 0 Å². The number of para-hydroxylation sites is 2. The third-order valence-electron chi connectivity index (χ3n) is 5.38. The molecule has 11 heteroatoms. The maximum Gasteiger partial charge on any atom is 0.412 e. The molecule has 0 saturated carbocycles. The van der Waals surface area contributed by atoms with Gasteiger partial charge in [-0.3, -0.25) is 15.1 Å². The first kappa shape index (κ1) is 29.6. The summed E-state index contributed by atoms with van der Waals surface area (Å²) in [5.74, 6) is -0.485. The van der Waals surface area contributed by atoms with Crippen molar-refractivity contribution in [1.29, 1.82) is 5.26 Å². The second-order valence-corrected chi connectivity index (χ2v) is 9.80. The number of benzene rings is 2. The standard InChI is InChI=1S/C29H32N6O5/c1-29(2,3)40-28(39)34-24-8-5-4-7-23(24)33-26(37)25-14-11-21(18-31-25)19-35(15-6-16-36)27(38)32-22-12-9-20(17-30)10-13-22/h4-5,7-14,18,36H,6,15-16,19H2,1-3H3,(H,32,38)(H,33,37)(H,34,39). The highest BCUT2D eigenvalue weighted by Gasteiger charge is 2.19. The maximum absolute atomic E-state index is 12.9. The summed E-state index contributed by atoms with van der Waals surface area (Å²) in [5, 5.41) is 26.4. The highest BCUT2D eigenvalue weighted by molar-refractivity contribution is 6.05. The Hall–Kier alpha value is -4.95. The van der Waals surface area contributed by atoms with Crippen molar-refractivity contribution >= 4 is 35.1 Å². The Morgan fingerprint density at radius 2 is 1.65 bits per heavy atom. The number of anilines is 3. The van der Waals surface area contributed by atoms with Crippen LogP contribution in [0.3, 0.4) is 0 Å². The van der Waals surface area contributed by atoms with E-state index in [0.717, 1.165) is 0 Å². The van der Waals surface area contributed by atoms with Gasteiger partial charge in [0.05, 0.1) is 23.0 Å². The summed E-state index contributed by atoms with van der Waals surface area (Å²) in [6, 6.07) is 18.1. The fourth-order valence-corrected chi connectivity index (χ4v) is 3.52. The average molecular weight is 545 g/mol. The van der Waals surface area contributed by atoms with Gasteiger partial charge in [0.1, 0.15) is 11.3 Å². The first-order valence-electron chi connectivity index (χ1n) is 12.6. The van der Waals surface area contributed by atoms with E-state index in [9.17, 15) is 19.5 Å². The van der Waals surface area contributed by atoms with E-state index in [2.05, 4.69) is 20.9 Å². The largest absolute Gasteiger partial charge is 0.444 e. The Morgan fingerprint density at radius 1 is 0.975 bits per heavy atom. The highest BCUT2D eigenvalue weighted by atomic mass is 16.6. The van der Waals surface area contributed by atoms with Gasteiger partial charge in [-0.2, -0.15) is 5.26 Å². The molecule has 208 valence electrons. The molecule has 1 heterocycles. The van der Waals surface area contributed by atoms with Crippen LogP contribution in [0, 0.1) is 11.3 Å². The van der Waals surface area contributed by atoms with Crippen molar-refractivity contribution in [3.05, 3.63) is 83.7 Å². The minimum absolute atomic E-state index is 0.0811. The molecule has 40 heavy (non-hydrogen) atoms. The number of carbonyl (C=O) groups excluding carboxylic acids is 3. The van der Waals surface area contributed by atoms with Crippen molar-refractivity contribution in [2.24, 2.45) is 0 Å². The molecule has 0 aliphatic carbocycles. The molecular weight excluding hydrogens is 512 g/mol. The van der Waals surface area contributed by atoms with E-state index >= 15 is 0 Å². The van der Waals surface area contributed by atoms with Crippen LogP contribution in [0.25, 0.3) is 0 Å². The molecule has 2 aromatic carbocycles. The van der Waals surface area contributed by atoms with E-state index in [1.54, 1.807) is 75.4 Å². The van der Waals surface area contributed by atoms with Crippen molar-refractivity contribution in [3.8, 4) is 6.07 Å². The molecule has 11 nitrogen and oxygen atoms in total. The number of hydrogen-bond acceptors (Lipinski definition) is 7. The number of nitriles is 1. The Balaban J connectivity index is 1.65. The van der Waals surface area contributed by atoms with E-state index in [-0.39, 0.29) is 24.9 Å². The number of aromatic nitrogens is 1. The number of urea groups is 1. The van der Waals surface area contributed by atoms with Crippen molar-refractivity contribution < 1.29 is 24.2 Å². The highest BCUT2D eigenvalue weighted by Crippen LogP contribution is 2.23. The Bertz CT molecular complexity index is 1360. The molecule has 0 aliphatic rings. The summed E-state index contributed by atoms with van der Waals surface area (Å²) >= 11 is 0. The summed E-state index contributed by atoms with van der Waals surface area (Å²) in [6.07, 6.45) is 1.23. The maximum atomic E-state index is 12.9. The lowest BCUT2D eigenvalue weighted by atomic mass is 10.2. The van der Waals surface area contributed by atoms with Crippen molar-refractivity contribution in [3.63, 3.8) is 0 Å². The Morgan fingerprint density at radius 3 is 2.23 bits per heavy atom. The molecule has 4 N–H and O–H groups in total. The minimum Gasteiger partial charge on any atom is -0.444 e. The van der Waals surface area contributed by atoms with Crippen LogP contribution in [-0.4, -0.2) is 51.8 Å². The number of pyridine rings is 1. The average Bonchev–Trinajstić information content (AvgIpc) is 2.91. The number of aliphatic hydroxyl groups is 1. The summed E-state index contributed by atoms with van der Waals surface area (Å²) in [4.78, 5) is 43.7. The molecule has 0 saturated heterocycles. The van der Waals surface area contributed by atoms with Crippen molar-refractivity contribution in [1.82, 2.24) is 9.88 Å². The van der Waals surface area contributed by atoms with E-state index in [0.29, 0.717) is 41.2 Å². The molecule has 0 atom stereocenters. The van der Waals surface area contributed by atoms with Gasteiger partial charge in [-0.15, -0.1) is 0 Å². The normalized spacial score (nSPS) is 10.7. The van der Waals surface area contributed by atoms with Gasteiger partial charge in [-0.1, -0.05) is 18.2 Å². The third-order valence-corrected chi connectivity index (χ3v) is 5.38. The first-order valence-corrected chi connectivity index (χ1v) is 12.6. The third kappa shape index (κ3) is 9.11. The Kier molecular flexibility index (Phi) is 10.2. The number of nitrogens with zero attached hydrogens (tertiary/aromatic N) is 3. The second kappa shape index (κ2) is 13.7. The summed E-state index contributed by atoms with van der Waals surface area (Å²) in [6.45, 7) is 5.67. The van der Waals surface area contributed by atoms with Crippen LogP contribution in [-0.2, 0) is 11.3 Å². The van der Waals surface area contributed by atoms with E-state index in [4.69, 9.17) is 10.00 Å². The monoisotopic (exact) mass is 544 g/mol. The van der Waals surface area contributed by atoms with Crippen LogP contribution >= 0.6 is 0 Å². The van der Waals surface area contributed by atoms with Crippen LogP contribution in [0.15, 0.2) is 66.9 Å². The lowest BCUT2D eigenvalue weighted by Crippen LogP contribution is -2.35. The van der Waals surface area contributed by atoms with Gasteiger partial charge < -0.3 is 25.4 Å². The van der Waals surface area contributed by atoms with Gasteiger partial charge in [0.25, 0.3) is 5.91 Å². The lowest BCUT2D eigenvalue weighted by molar-refractivity contribution is 0.0635. The molecule has 0 radical (unpaired) electrons. The van der Waals surface area contributed by atoms with Crippen LogP contribution in [0.1, 0.15) is 48.8 Å². The van der Waals surface area contributed by atoms with Crippen molar-refractivity contribution in [2.75, 3.05) is 29.1 Å². The van der Waals surface area contributed by atoms with Crippen molar-refractivity contribution in [2.45, 2.75) is 39.3 Å². The molecule has 0 unspecified atom stereocenters. The fraction of sp³-hybridized carbons (Fsp3) is 0.276. The first-order chi connectivity index (χ1) is 19.1. The second-order valence-electron chi connectivity index (χ2n) is 9.80. The quantitative estimate of drug-likeness (QED) is 0.296. The molecule has 1 aromatic heterocycles. The zero-order chi connectivity index (χ0) is 29.1. The Labute approximate surface area is 232 Å². The van der Waals surface area contributed by atoms with E-state index in [1.165, 1.54) is 17.2 Å². The van der Waals surface area contributed by atoms with Gasteiger partial charge in [0, 0.05) is 31.6 Å². The van der Waals surface area contributed by atoms with Gasteiger partial charge >= 0.3 is 12.1 Å². The molecule has 0 spiro atoms. The molecule has 0 bridgehead atoms. The number of nitrogens with one attached hydrogen (secondary N) is 3. The zero-order valence-electron chi connectivity index (χ0n) is 22.6. The van der Waals surface area contributed by atoms with Crippen LogP contribution in [0.4, 0.5) is 26.7 Å². The fourth-order valence-electron chi connectivity index (χ4n) is 3.52. The number of hydrogen-bond donors (Lipinski definition) is 4. The predicted octanol–water partition coefficient (Wildman–Crippen LogP) is 4.97. The van der Waals surface area contributed by atoms with Crippen LogP contribution < -0.4 is 16.0 Å². The SMILES string of the molecule is CC(C)(C)OC(=O)Nc1ccccc1NC(=O)c1ccc(CN(CCCO)C(=O)Nc2ccc(C#N)cc2)cn1. The lowest BCUT2D eigenvalue weighted by Gasteiger charge is -2.23. The topological polar surface area (TPSA) is 157 Å². The molecule has 3 aromatic rings. The summed E-state index contributed by atoms with van der Waals surface area (Å²) in [7, 11) is 0. The number of rotatable bonds is 9. The smallest absolute Gasteiger partial charge is 0.412 e. The van der Waals surface area contributed by atoms with Crippen LogP contribution in [0.2, 0.25) is 0 Å². The molecule has 4 amide bonds. The molecular formula is C29H32N6O5.